The van der Waals surface area contributed by atoms with E-state index >= 15 is 0 Å². The lowest BCUT2D eigenvalue weighted by molar-refractivity contribution is -0.121. The molecule has 1 saturated heterocycles. The number of carboxylic acid groups (broad SMARTS) is 1. The molecule has 0 aromatic heterocycles. The minimum atomic E-state index is -1.09. The molecular formula is C20H17ClN4O4S. The van der Waals surface area contributed by atoms with Crippen molar-refractivity contribution in [3.05, 3.63) is 64.7 Å². The molecule has 3 N–H and O–H groups in total. The van der Waals surface area contributed by atoms with Gasteiger partial charge in [-0.15, -0.1) is 5.10 Å². The second-order valence-electron chi connectivity index (χ2n) is 6.36. The molecule has 8 nitrogen and oxygen atoms in total. The maximum Gasteiger partial charge on any atom is 0.335 e. The molecule has 0 saturated carbocycles. The van der Waals surface area contributed by atoms with Crippen LogP contribution >= 0.6 is 23.4 Å². The Morgan fingerprint density at radius 1 is 1.10 bits per heavy atom. The van der Waals surface area contributed by atoms with E-state index in [1.165, 1.54) is 24.3 Å². The molecule has 1 fully saturated rings. The third-order valence-electron chi connectivity index (χ3n) is 4.30. The van der Waals surface area contributed by atoms with Crippen LogP contribution in [0.1, 0.15) is 29.3 Å². The first-order chi connectivity index (χ1) is 14.3. The Hall–Kier alpha value is -3.17. The van der Waals surface area contributed by atoms with Crippen LogP contribution in [0.3, 0.4) is 0 Å². The number of thioether (sulfide) groups is 1. The Morgan fingerprint density at radius 3 is 2.30 bits per heavy atom. The average molecular weight is 445 g/mol. The van der Waals surface area contributed by atoms with Crippen molar-refractivity contribution in [1.29, 1.82) is 0 Å². The SMILES string of the molecule is C/C(=N/N=C(N)S[C@H]1CC(=O)N(c2ccc(C(=O)O)cc2)C1=O)c1ccc(Cl)cc1. The summed E-state index contributed by atoms with van der Waals surface area (Å²) in [4.78, 5) is 37.0. The standard InChI is InChI=1S/C20H17ClN4O4S/c1-11(12-2-6-14(21)7-3-12)23-24-20(22)30-16-10-17(26)25(18(16)27)15-8-4-13(5-9-15)19(28)29/h2-9,16H,10H2,1H3,(H2,22,24)(H,28,29)/b23-11-/t16-/m0/s1. The molecule has 30 heavy (non-hydrogen) atoms. The van der Waals surface area contributed by atoms with Crippen LogP contribution in [0.2, 0.25) is 5.02 Å². The molecule has 2 aromatic carbocycles. The van der Waals surface area contributed by atoms with E-state index in [9.17, 15) is 14.4 Å². The van der Waals surface area contributed by atoms with Gasteiger partial charge in [0.1, 0.15) is 5.25 Å². The molecule has 1 atom stereocenters. The summed E-state index contributed by atoms with van der Waals surface area (Å²) in [5.41, 5.74) is 7.70. The lowest BCUT2D eigenvalue weighted by Gasteiger charge is -2.14. The lowest BCUT2D eigenvalue weighted by atomic mass is 10.1. The van der Waals surface area contributed by atoms with Crippen LogP contribution in [0.25, 0.3) is 0 Å². The predicted molar refractivity (Wildman–Crippen MR) is 117 cm³/mol. The van der Waals surface area contributed by atoms with Crippen molar-refractivity contribution in [3.63, 3.8) is 0 Å². The Morgan fingerprint density at radius 2 is 1.70 bits per heavy atom. The summed E-state index contributed by atoms with van der Waals surface area (Å²) in [7, 11) is 0. The highest BCUT2D eigenvalue weighted by Crippen LogP contribution is 2.30. The second kappa shape index (κ2) is 9.10. The van der Waals surface area contributed by atoms with Crippen molar-refractivity contribution in [1.82, 2.24) is 0 Å². The molecule has 0 unspecified atom stereocenters. The fourth-order valence-corrected chi connectivity index (χ4v) is 3.70. The van der Waals surface area contributed by atoms with Gasteiger partial charge in [-0.2, -0.15) is 5.10 Å². The number of benzene rings is 2. The van der Waals surface area contributed by atoms with Crippen molar-refractivity contribution < 1.29 is 19.5 Å². The smallest absolute Gasteiger partial charge is 0.335 e. The van der Waals surface area contributed by atoms with Gasteiger partial charge in [0.05, 0.1) is 17.0 Å². The van der Waals surface area contributed by atoms with E-state index in [-0.39, 0.29) is 17.2 Å². The van der Waals surface area contributed by atoms with Gasteiger partial charge in [-0.3, -0.25) is 9.59 Å². The van der Waals surface area contributed by atoms with Crippen molar-refractivity contribution in [2.75, 3.05) is 4.90 Å². The maximum atomic E-state index is 12.7. The van der Waals surface area contributed by atoms with Crippen molar-refractivity contribution in [2.45, 2.75) is 18.6 Å². The number of carbonyl (C=O) groups excluding carboxylic acids is 2. The minimum Gasteiger partial charge on any atom is -0.478 e. The maximum absolute atomic E-state index is 12.7. The first kappa shape index (κ1) is 21.5. The number of carbonyl (C=O) groups is 3. The van der Waals surface area contributed by atoms with Gasteiger partial charge in [0.15, 0.2) is 5.17 Å². The number of aromatic carboxylic acids is 1. The molecule has 154 valence electrons. The van der Waals surface area contributed by atoms with Crippen LogP contribution in [0.15, 0.2) is 58.7 Å². The molecule has 1 aliphatic rings. The van der Waals surface area contributed by atoms with Gasteiger partial charge in [0.25, 0.3) is 0 Å². The summed E-state index contributed by atoms with van der Waals surface area (Å²) in [6, 6.07) is 12.6. The van der Waals surface area contributed by atoms with E-state index in [0.717, 1.165) is 22.2 Å². The number of hydrogen-bond acceptors (Lipinski definition) is 6. The number of anilines is 1. The topological polar surface area (TPSA) is 125 Å². The van der Waals surface area contributed by atoms with E-state index in [0.29, 0.717) is 16.4 Å². The molecule has 3 rings (SSSR count). The summed E-state index contributed by atoms with van der Waals surface area (Å²) in [6.45, 7) is 1.76. The molecule has 0 spiro atoms. The third kappa shape index (κ3) is 4.87. The van der Waals surface area contributed by atoms with Crippen LogP contribution < -0.4 is 10.6 Å². The first-order valence-corrected chi connectivity index (χ1v) is 10.0. The van der Waals surface area contributed by atoms with Crippen LogP contribution in [-0.2, 0) is 9.59 Å². The largest absolute Gasteiger partial charge is 0.478 e. The fourth-order valence-electron chi connectivity index (χ4n) is 2.76. The van der Waals surface area contributed by atoms with Gasteiger partial charge in [0.2, 0.25) is 11.8 Å². The number of amides is 2. The zero-order valence-corrected chi connectivity index (χ0v) is 17.4. The number of amidine groups is 1. The molecule has 2 aromatic rings. The fraction of sp³-hybridized carbons (Fsp3) is 0.150. The van der Waals surface area contributed by atoms with Gasteiger partial charge in [-0.05, 0) is 48.9 Å². The van der Waals surface area contributed by atoms with E-state index < -0.39 is 23.0 Å². The number of halogens is 1. The molecule has 1 heterocycles. The lowest BCUT2D eigenvalue weighted by Crippen LogP contribution is -2.31. The van der Waals surface area contributed by atoms with Gasteiger partial charge in [-0.1, -0.05) is 35.5 Å². The third-order valence-corrected chi connectivity index (χ3v) is 5.53. The number of carboxylic acids is 1. The van der Waals surface area contributed by atoms with Gasteiger partial charge < -0.3 is 10.8 Å². The quantitative estimate of drug-likeness (QED) is 0.316. The highest BCUT2D eigenvalue weighted by Gasteiger charge is 2.40. The van der Waals surface area contributed by atoms with E-state index in [1.54, 1.807) is 31.2 Å². The molecule has 1 aliphatic heterocycles. The summed E-state index contributed by atoms with van der Waals surface area (Å²) in [5.74, 6) is -1.92. The van der Waals surface area contributed by atoms with E-state index in [1.807, 2.05) is 0 Å². The number of nitrogens with two attached hydrogens (primary N) is 1. The van der Waals surface area contributed by atoms with E-state index in [4.69, 9.17) is 22.4 Å². The van der Waals surface area contributed by atoms with Gasteiger partial charge in [0, 0.05) is 11.4 Å². The monoisotopic (exact) mass is 444 g/mol. The molecular weight excluding hydrogens is 428 g/mol. The second-order valence-corrected chi connectivity index (χ2v) is 8.02. The van der Waals surface area contributed by atoms with Crippen LogP contribution in [0.4, 0.5) is 5.69 Å². The summed E-state index contributed by atoms with van der Waals surface area (Å²) in [5, 5.41) is 16.9. The Bertz CT molecular complexity index is 1050. The number of hydrogen-bond donors (Lipinski definition) is 2. The summed E-state index contributed by atoms with van der Waals surface area (Å²) < 4.78 is 0. The molecule has 0 aliphatic carbocycles. The predicted octanol–water partition coefficient (Wildman–Crippen LogP) is 3.14. The minimum absolute atomic E-state index is 0.0414. The summed E-state index contributed by atoms with van der Waals surface area (Å²) >= 11 is 6.82. The molecule has 10 heteroatoms. The molecule has 0 radical (unpaired) electrons. The molecule has 0 bridgehead atoms. The number of imide groups is 1. The summed E-state index contributed by atoms with van der Waals surface area (Å²) in [6.07, 6.45) is -0.0414. The van der Waals surface area contributed by atoms with Crippen LogP contribution in [0.5, 0.6) is 0 Å². The Labute approximate surface area is 181 Å². The molecule has 2 amide bonds. The first-order valence-electron chi connectivity index (χ1n) is 8.76. The van der Waals surface area contributed by atoms with E-state index in [2.05, 4.69) is 10.2 Å². The Balaban J connectivity index is 1.69. The normalized spacial score (nSPS) is 17.5. The van der Waals surface area contributed by atoms with Gasteiger partial charge in [-0.25, -0.2) is 9.69 Å². The zero-order valence-electron chi connectivity index (χ0n) is 15.8. The van der Waals surface area contributed by atoms with Crippen molar-refractivity contribution in [3.8, 4) is 0 Å². The number of nitrogens with zero attached hydrogens (tertiary/aromatic N) is 3. The highest BCUT2D eigenvalue weighted by atomic mass is 35.5. The van der Waals surface area contributed by atoms with Crippen molar-refractivity contribution in [2.24, 2.45) is 15.9 Å². The van der Waals surface area contributed by atoms with Crippen LogP contribution in [-0.4, -0.2) is 39.0 Å². The highest BCUT2D eigenvalue weighted by molar-refractivity contribution is 8.14. The Kier molecular flexibility index (Phi) is 6.53. The van der Waals surface area contributed by atoms with Crippen molar-refractivity contribution >= 4 is 57.7 Å². The average Bonchev–Trinajstić information content (AvgIpc) is 2.99. The van der Waals surface area contributed by atoms with Crippen LogP contribution in [0, 0.1) is 0 Å². The number of rotatable bonds is 5. The zero-order chi connectivity index (χ0) is 21.8. The van der Waals surface area contributed by atoms with Gasteiger partial charge >= 0.3 is 5.97 Å².